The number of hydrogen-bond acceptors (Lipinski definition) is 7. The molecule has 0 amide bonds. The number of aromatic nitrogens is 2. The van der Waals surface area contributed by atoms with Crippen LogP contribution in [-0.4, -0.2) is 41.1 Å². The Hall–Kier alpha value is -2.90. The van der Waals surface area contributed by atoms with Crippen LogP contribution in [0.5, 0.6) is 0 Å². The number of ketones is 1. The van der Waals surface area contributed by atoms with Crippen LogP contribution < -0.4 is 0 Å². The highest BCUT2D eigenvalue weighted by atomic mass is 16.6. The van der Waals surface area contributed by atoms with Crippen molar-refractivity contribution in [2.45, 2.75) is 27.7 Å². The van der Waals surface area contributed by atoms with Crippen LogP contribution in [0.3, 0.4) is 0 Å². The number of hydrogen-bond donors (Lipinski definition) is 1. The molecular formula is C16H18N2O6. The Bertz CT molecular complexity index is 787. The van der Waals surface area contributed by atoms with Crippen molar-refractivity contribution in [2.75, 3.05) is 13.2 Å². The van der Waals surface area contributed by atoms with Crippen molar-refractivity contribution in [3.8, 4) is 0 Å². The molecule has 0 saturated heterocycles. The van der Waals surface area contributed by atoms with E-state index in [0.29, 0.717) is 17.1 Å². The lowest BCUT2D eigenvalue weighted by molar-refractivity contribution is 0.0433. The van der Waals surface area contributed by atoms with Gasteiger partial charge in [-0.3, -0.25) is 4.79 Å². The van der Waals surface area contributed by atoms with Gasteiger partial charge in [0, 0.05) is 17.5 Å². The minimum Gasteiger partial charge on any atom is -0.462 e. The van der Waals surface area contributed by atoms with E-state index in [-0.39, 0.29) is 23.5 Å². The Morgan fingerprint density at radius 2 is 1.75 bits per heavy atom. The minimum absolute atomic E-state index is 0.0899. The number of esters is 2. The first-order chi connectivity index (χ1) is 11.3. The first-order valence-electron chi connectivity index (χ1n) is 7.35. The number of Topliss-reactive ketones (excluding diaryl/α,β-unsaturated/α-hetero) is 1. The van der Waals surface area contributed by atoms with E-state index >= 15 is 0 Å². The topological polar surface area (TPSA) is 111 Å². The zero-order chi connectivity index (χ0) is 17.9. The average molecular weight is 334 g/mol. The van der Waals surface area contributed by atoms with E-state index < -0.39 is 24.3 Å². The zero-order valence-corrected chi connectivity index (χ0v) is 13.9. The fraction of sp³-hybridized carbons (Fsp3) is 0.375. The Balaban J connectivity index is 2.15. The fourth-order valence-corrected chi connectivity index (χ4v) is 2.32. The van der Waals surface area contributed by atoms with E-state index in [2.05, 4.69) is 10.1 Å². The molecule has 8 heteroatoms. The van der Waals surface area contributed by atoms with Crippen LogP contribution >= 0.6 is 0 Å². The maximum Gasteiger partial charge on any atom is 0.377 e. The third-order valence-electron chi connectivity index (χ3n) is 3.30. The number of aromatic amines is 1. The van der Waals surface area contributed by atoms with Crippen LogP contribution in [-0.2, 0) is 9.47 Å². The van der Waals surface area contributed by atoms with Crippen molar-refractivity contribution >= 4 is 17.7 Å². The lowest BCUT2D eigenvalue weighted by Crippen LogP contribution is -2.18. The maximum absolute atomic E-state index is 12.4. The highest BCUT2D eigenvalue weighted by Crippen LogP contribution is 2.20. The highest BCUT2D eigenvalue weighted by Gasteiger charge is 2.26. The van der Waals surface area contributed by atoms with Crippen molar-refractivity contribution in [3.63, 3.8) is 0 Å². The lowest BCUT2D eigenvalue weighted by atomic mass is 10.1. The molecule has 0 radical (unpaired) electrons. The quantitative estimate of drug-likeness (QED) is 0.636. The Labute approximate surface area is 138 Å². The molecule has 0 fully saturated rings. The minimum atomic E-state index is -0.799. The molecule has 1 N–H and O–H groups in total. The van der Waals surface area contributed by atoms with E-state index in [9.17, 15) is 14.4 Å². The van der Waals surface area contributed by atoms with E-state index in [4.69, 9.17) is 14.0 Å². The Kier molecular flexibility index (Phi) is 5.18. The summed E-state index contributed by atoms with van der Waals surface area (Å²) in [5, 5.41) is 3.57. The summed E-state index contributed by atoms with van der Waals surface area (Å²) >= 11 is 0. The smallest absolute Gasteiger partial charge is 0.377 e. The van der Waals surface area contributed by atoms with Gasteiger partial charge in [0.05, 0.1) is 23.4 Å². The fourth-order valence-electron chi connectivity index (χ4n) is 2.32. The summed E-state index contributed by atoms with van der Waals surface area (Å²) in [5.41, 5.74) is 1.87. The summed E-state index contributed by atoms with van der Waals surface area (Å²) in [6.07, 6.45) is 0. The van der Waals surface area contributed by atoms with Gasteiger partial charge in [-0.2, -0.15) is 0 Å². The maximum atomic E-state index is 12.4. The summed E-state index contributed by atoms with van der Waals surface area (Å²) in [5.74, 6) is -2.00. The summed E-state index contributed by atoms with van der Waals surface area (Å²) in [4.78, 5) is 39.2. The summed E-state index contributed by atoms with van der Waals surface area (Å²) in [6, 6.07) is 1.41. The van der Waals surface area contributed by atoms with Gasteiger partial charge in [-0.15, -0.1) is 0 Å². The number of rotatable bonds is 6. The monoisotopic (exact) mass is 334 g/mol. The lowest BCUT2D eigenvalue weighted by Gasteiger charge is -2.06. The highest BCUT2D eigenvalue weighted by molar-refractivity contribution is 6.09. The van der Waals surface area contributed by atoms with E-state index in [1.807, 2.05) is 0 Å². The molecule has 0 aliphatic heterocycles. The second kappa shape index (κ2) is 7.12. The summed E-state index contributed by atoms with van der Waals surface area (Å²) in [7, 11) is 0. The molecule has 24 heavy (non-hydrogen) atoms. The van der Waals surface area contributed by atoms with Gasteiger partial charge in [0.2, 0.25) is 11.5 Å². The van der Waals surface area contributed by atoms with Gasteiger partial charge in [0.1, 0.15) is 0 Å². The van der Waals surface area contributed by atoms with Crippen LogP contribution in [0.1, 0.15) is 55.3 Å². The van der Waals surface area contributed by atoms with Crippen molar-refractivity contribution in [3.05, 3.63) is 40.0 Å². The predicted molar refractivity (Wildman–Crippen MR) is 82.1 cm³/mol. The molecule has 0 aliphatic rings. The van der Waals surface area contributed by atoms with Crippen molar-refractivity contribution < 1.29 is 28.4 Å². The second-order valence-electron chi connectivity index (χ2n) is 5.18. The van der Waals surface area contributed by atoms with Crippen LogP contribution in [0.2, 0.25) is 0 Å². The van der Waals surface area contributed by atoms with Gasteiger partial charge < -0.3 is 19.0 Å². The van der Waals surface area contributed by atoms with Gasteiger partial charge in [0.15, 0.2) is 6.61 Å². The SMILES string of the molecule is CCOC(=O)c1c(C)[nH]c(C)c1C(=O)COC(=O)c1cc(C)no1. The van der Waals surface area contributed by atoms with Crippen LogP contribution in [0.25, 0.3) is 0 Å². The molecule has 0 atom stereocenters. The molecule has 8 nitrogen and oxygen atoms in total. The number of ether oxygens (including phenoxy) is 2. The van der Waals surface area contributed by atoms with Crippen molar-refractivity contribution in [1.29, 1.82) is 0 Å². The molecule has 0 saturated carbocycles. The molecule has 128 valence electrons. The second-order valence-corrected chi connectivity index (χ2v) is 5.18. The molecule has 2 heterocycles. The molecule has 0 unspecified atom stereocenters. The van der Waals surface area contributed by atoms with Gasteiger partial charge in [-0.05, 0) is 27.7 Å². The molecule has 2 aromatic rings. The molecule has 0 aromatic carbocycles. The Morgan fingerprint density at radius 1 is 1.08 bits per heavy atom. The normalized spacial score (nSPS) is 10.5. The molecule has 2 aromatic heterocycles. The van der Waals surface area contributed by atoms with Crippen LogP contribution in [0.4, 0.5) is 0 Å². The average Bonchev–Trinajstić information content (AvgIpc) is 3.07. The molecule has 0 bridgehead atoms. The van der Waals surface area contributed by atoms with Crippen LogP contribution in [0, 0.1) is 20.8 Å². The van der Waals surface area contributed by atoms with E-state index in [0.717, 1.165) is 0 Å². The largest absolute Gasteiger partial charge is 0.462 e. The first kappa shape index (κ1) is 17.5. The third-order valence-corrected chi connectivity index (χ3v) is 3.30. The number of aryl methyl sites for hydroxylation is 3. The van der Waals surface area contributed by atoms with E-state index in [1.54, 1.807) is 27.7 Å². The van der Waals surface area contributed by atoms with Crippen molar-refractivity contribution in [2.24, 2.45) is 0 Å². The summed E-state index contributed by atoms with van der Waals surface area (Å²) < 4.78 is 14.7. The first-order valence-corrected chi connectivity index (χ1v) is 7.35. The standard InChI is InChI=1S/C16H18N2O6/c1-5-22-16(21)14-10(4)17-9(3)13(14)11(19)7-23-15(20)12-6-8(2)18-24-12/h6,17H,5,7H2,1-4H3. The van der Waals surface area contributed by atoms with Gasteiger partial charge >= 0.3 is 11.9 Å². The van der Waals surface area contributed by atoms with Crippen LogP contribution in [0.15, 0.2) is 10.6 Å². The van der Waals surface area contributed by atoms with Gasteiger partial charge in [-0.25, -0.2) is 9.59 Å². The Morgan fingerprint density at radius 3 is 2.33 bits per heavy atom. The number of carbonyl (C=O) groups is 3. The number of nitrogens with one attached hydrogen (secondary N) is 1. The number of nitrogens with zero attached hydrogens (tertiary/aromatic N) is 1. The molecule has 0 spiro atoms. The van der Waals surface area contributed by atoms with Gasteiger partial charge in [-0.1, -0.05) is 5.16 Å². The zero-order valence-electron chi connectivity index (χ0n) is 13.9. The molecular weight excluding hydrogens is 316 g/mol. The molecule has 2 rings (SSSR count). The predicted octanol–water partition coefficient (Wildman–Crippen LogP) is 2.14. The van der Waals surface area contributed by atoms with Crippen molar-refractivity contribution in [1.82, 2.24) is 10.1 Å². The third kappa shape index (κ3) is 3.53. The molecule has 0 aliphatic carbocycles. The summed E-state index contributed by atoms with van der Waals surface area (Å²) in [6.45, 7) is 6.32. The number of carbonyl (C=O) groups excluding carboxylic acids is 3. The van der Waals surface area contributed by atoms with E-state index in [1.165, 1.54) is 6.07 Å². The number of H-pyrrole nitrogens is 1. The van der Waals surface area contributed by atoms with Gasteiger partial charge in [0.25, 0.3) is 0 Å².